The summed E-state index contributed by atoms with van der Waals surface area (Å²) < 4.78 is 4.24. The van der Waals surface area contributed by atoms with Crippen molar-refractivity contribution in [1.82, 2.24) is 14.1 Å². The van der Waals surface area contributed by atoms with Gasteiger partial charge in [-0.2, -0.15) is 26.3 Å². The molecule has 0 N–H and O–H groups in total. The second-order valence-corrected chi connectivity index (χ2v) is 18.6. The molecule has 0 aliphatic heterocycles. The van der Waals surface area contributed by atoms with E-state index < -0.39 is 0 Å². The summed E-state index contributed by atoms with van der Waals surface area (Å²) >= 11 is 0. The fourth-order valence-electron chi connectivity index (χ4n) is 10.8. The van der Waals surface area contributed by atoms with Gasteiger partial charge in [0.2, 0.25) is 0 Å². The molecule has 3 heterocycles. The molecule has 0 radical (unpaired) electrons. The van der Waals surface area contributed by atoms with E-state index in [1.54, 1.807) is 85.1 Å². The van der Waals surface area contributed by atoms with E-state index in [0.29, 0.717) is 95.5 Å². The highest BCUT2D eigenvalue weighted by Crippen LogP contribution is 2.45. The molecule has 0 amide bonds. The van der Waals surface area contributed by atoms with Crippen LogP contribution >= 0.6 is 0 Å². The van der Waals surface area contributed by atoms with Gasteiger partial charge in [0.05, 0.1) is 112 Å². The van der Waals surface area contributed by atoms with Crippen LogP contribution < -0.4 is 0 Å². The van der Waals surface area contributed by atoms with Crippen molar-refractivity contribution in [2.24, 2.45) is 0 Å². The minimum atomic E-state index is 0.326. The average molecular weight is 1020 g/mol. The van der Waals surface area contributed by atoms with Crippen LogP contribution in [-0.2, 0) is 0 Å². The first kappa shape index (κ1) is 48.1. The van der Waals surface area contributed by atoms with Gasteiger partial charge in [-0.05, 0) is 154 Å². The molecular formula is C68H30N12. The summed E-state index contributed by atoms with van der Waals surface area (Å²) in [5, 5.41) is 53.8. The van der Waals surface area contributed by atoms with Gasteiger partial charge in [-0.15, -0.1) is 0 Å². The molecular weight excluding hydrogens is 985 g/mol. The Labute approximate surface area is 457 Å². The Bertz CT molecular complexity index is 4880. The highest BCUT2D eigenvalue weighted by Gasteiger charge is 2.24. The van der Waals surface area contributed by atoms with Crippen molar-refractivity contribution in [2.45, 2.75) is 0 Å². The number of benzene rings is 9. The van der Waals surface area contributed by atoms with E-state index in [-0.39, 0.29) is 0 Å². The summed E-state index contributed by atoms with van der Waals surface area (Å²) in [7, 11) is 0. The molecule has 80 heavy (non-hydrogen) atoms. The molecule has 0 saturated heterocycles. The van der Waals surface area contributed by atoms with Crippen LogP contribution in [0.2, 0.25) is 0 Å². The van der Waals surface area contributed by atoms with E-state index in [2.05, 4.69) is 58.9 Å². The number of nitrogens with zero attached hydrogens (tertiary/aromatic N) is 12. The monoisotopic (exact) mass is 1010 g/mol. The first-order valence-electron chi connectivity index (χ1n) is 24.6. The summed E-state index contributed by atoms with van der Waals surface area (Å²) in [5.74, 6) is 0. The van der Waals surface area contributed by atoms with Crippen molar-refractivity contribution in [3.8, 4) is 97.5 Å². The number of nitriles is 5. The number of fused-ring (bicyclic) bond motifs is 6. The maximum atomic E-state index is 10.6. The number of aromatic nitrogens is 3. The molecule has 0 fully saturated rings. The summed E-state index contributed by atoms with van der Waals surface area (Å²) in [6, 6.07) is 64.5. The Balaban J connectivity index is 1.12. The Kier molecular flexibility index (Phi) is 11.7. The molecule has 362 valence electrons. The number of pyridine rings is 1. The van der Waals surface area contributed by atoms with Gasteiger partial charge in [0.15, 0.2) is 22.7 Å². The average Bonchev–Trinajstić information content (AvgIpc) is 4.26. The normalized spacial score (nSPS) is 10.6. The molecule has 3 aromatic heterocycles. The zero-order valence-electron chi connectivity index (χ0n) is 41.7. The van der Waals surface area contributed by atoms with Crippen molar-refractivity contribution in [1.29, 1.82) is 26.3 Å². The molecule has 0 bridgehead atoms. The van der Waals surface area contributed by atoms with Gasteiger partial charge in [0, 0.05) is 44.4 Å². The van der Waals surface area contributed by atoms with Crippen LogP contribution in [0.1, 0.15) is 27.8 Å². The smallest absolute Gasteiger partial charge is 0.196 e. The quantitative estimate of drug-likeness (QED) is 0.145. The molecule has 0 atom stereocenters. The van der Waals surface area contributed by atoms with E-state index in [0.717, 1.165) is 65.9 Å². The standard InChI is InChI=1S/C68H30N12/c1-74-49-14-18-52(48(29-49)39-73)44-10-21-62-55(31-44)57-33-46(54-19-15-50(75-2)34-61(54)77-4)12-23-63(57)79(62)66-20-9-41(36-70)27-59(66)68-67(6-5-25-78-68)80-64-22-11-43(51-16-7-40(35-69)26-47(51)38-72)30-56(64)58-32-45(13-24-65(58)80)53-17-8-42(37-71)28-60(53)76-3/h5-34H. The Morgan fingerprint density at radius 3 is 1.29 bits per heavy atom. The fraction of sp³-hybridized carbons (Fsp3) is 0. The van der Waals surface area contributed by atoms with Crippen molar-refractivity contribution >= 4 is 66.4 Å². The van der Waals surface area contributed by atoms with Crippen LogP contribution in [0.15, 0.2) is 182 Å². The van der Waals surface area contributed by atoms with E-state index >= 15 is 0 Å². The molecule has 12 heteroatoms. The van der Waals surface area contributed by atoms with Crippen LogP contribution in [0.5, 0.6) is 0 Å². The van der Waals surface area contributed by atoms with Crippen LogP contribution in [0.4, 0.5) is 22.7 Å². The predicted octanol–water partition coefficient (Wildman–Crippen LogP) is 17.2. The van der Waals surface area contributed by atoms with Gasteiger partial charge in [0.1, 0.15) is 0 Å². The van der Waals surface area contributed by atoms with Gasteiger partial charge in [-0.3, -0.25) is 4.98 Å². The second kappa shape index (κ2) is 19.4. The van der Waals surface area contributed by atoms with E-state index in [4.69, 9.17) is 31.3 Å². The van der Waals surface area contributed by atoms with Gasteiger partial charge < -0.3 is 9.13 Å². The molecule has 0 aliphatic rings. The fourth-order valence-corrected chi connectivity index (χ4v) is 10.8. The maximum absolute atomic E-state index is 10.6. The second-order valence-electron chi connectivity index (χ2n) is 18.6. The van der Waals surface area contributed by atoms with E-state index in [1.807, 2.05) is 97.1 Å². The lowest BCUT2D eigenvalue weighted by Crippen LogP contribution is -2.03. The number of hydrogen-bond donors (Lipinski definition) is 0. The predicted molar refractivity (Wildman–Crippen MR) is 309 cm³/mol. The number of hydrogen-bond acceptors (Lipinski definition) is 6. The third-order valence-electron chi connectivity index (χ3n) is 14.4. The summed E-state index contributed by atoms with van der Waals surface area (Å²) in [4.78, 5) is 19.8. The number of rotatable bonds is 7. The molecule has 0 spiro atoms. The first-order chi connectivity index (χ1) is 39.2. The van der Waals surface area contributed by atoms with Crippen molar-refractivity contribution < 1.29 is 0 Å². The first-order valence-corrected chi connectivity index (χ1v) is 24.6. The molecule has 12 aromatic rings. The molecule has 12 nitrogen and oxygen atoms in total. The summed E-state index contributed by atoms with van der Waals surface area (Å²) in [6.45, 7) is 31.3. The summed E-state index contributed by atoms with van der Waals surface area (Å²) in [5.41, 5.74) is 14.4. The topological polar surface area (TPSA) is 159 Å². The van der Waals surface area contributed by atoms with Crippen molar-refractivity contribution in [3.63, 3.8) is 0 Å². The van der Waals surface area contributed by atoms with Crippen molar-refractivity contribution in [2.75, 3.05) is 0 Å². The largest absolute Gasteiger partial charge is 0.309 e. The van der Waals surface area contributed by atoms with Crippen LogP contribution in [0.3, 0.4) is 0 Å². The van der Waals surface area contributed by atoms with E-state index in [1.165, 1.54) is 0 Å². The molecule has 0 unspecified atom stereocenters. The highest BCUT2D eigenvalue weighted by atomic mass is 15.0. The SMILES string of the molecule is [C-]#[N+]c1ccc(-c2ccc3c(c2)c2cc(-c4ccc([N+]#[C-])cc4[N+]#[C-])ccc2n3-c2ccc(C#N)cc2-c2ncccc2-n2c3ccc(-c4ccc(C#N)cc4C#N)cc3c3cc(-c4ccc(C#N)cc4[N+]#[C-])ccc32)c(C#N)c1. The van der Waals surface area contributed by atoms with Gasteiger partial charge in [0.25, 0.3) is 0 Å². The van der Waals surface area contributed by atoms with Crippen LogP contribution in [0.25, 0.3) is 130 Å². The summed E-state index contributed by atoms with van der Waals surface area (Å²) in [6.07, 6.45) is 1.71. The minimum Gasteiger partial charge on any atom is -0.309 e. The highest BCUT2D eigenvalue weighted by molar-refractivity contribution is 6.14. The molecule has 12 rings (SSSR count). The molecule has 0 saturated carbocycles. The lowest BCUT2D eigenvalue weighted by Gasteiger charge is -2.18. The van der Waals surface area contributed by atoms with Gasteiger partial charge >= 0.3 is 0 Å². The Morgan fingerprint density at radius 1 is 0.350 bits per heavy atom. The van der Waals surface area contributed by atoms with Gasteiger partial charge in [-0.25, -0.2) is 19.4 Å². The third kappa shape index (κ3) is 7.82. The lowest BCUT2D eigenvalue weighted by molar-refractivity contribution is 1.13. The van der Waals surface area contributed by atoms with Crippen molar-refractivity contribution in [3.05, 3.63) is 256 Å². The molecule has 9 aromatic carbocycles. The third-order valence-corrected chi connectivity index (χ3v) is 14.4. The van der Waals surface area contributed by atoms with Crippen LogP contribution in [-0.4, -0.2) is 14.1 Å². The lowest BCUT2D eigenvalue weighted by atomic mass is 9.96. The Morgan fingerprint density at radius 2 is 0.775 bits per heavy atom. The zero-order valence-corrected chi connectivity index (χ0v) is 41.7. The Hall–Kier alpha value is -12.9. The van der Waals surface area contributed by atoms with Gasteiger partial charge in [-0.1, -0.05) is 66.7 Å². The zero-order chi connectivity index (χ0) is 55.2. The van der Waals surface area contributed by atoms with Crippen LogP contribution in [0, 0.1) is 82.9 Å². The minimum absolute atomic E-state index is 0.326. The van der Waals surface area contributed by atoms with E-state index in [9.17, 15) is 26.3 Å². The maximum Gasteiger partial charge on any atom is 0.196 e. The molecule has 0 aliphatic carbocycles.